The number of nitrogens with zero attached hydrogens (tertiary/aromatic N) is 1. The Kier molecular flexibility index (Phi) is 1.96. The molecule has 1 aromatic heterocycles. The number of thioether (sulfide) groups is 1. The van der Waals surface area contributed by atoms with Crippen LogP contribution in [0.4, 0.5) is 0 Å². The third-order valence-corrected chi connectivity index (χ3v) is 1.34. The van der Waals surface area contributed by atoms with E-state index in [0.717, 1.165) is 17.8 Å². The molecule has 10 heavy (non-hydrogen) atoms. The second-order valence-electron chi connectivity index (χ2n) is 1.51. The fraction of sp³-hybridized carbons (Fsp3) is 0.200. The molecule has 0 aliphatic rings. The van der Waals surface area contributed by atoms with Crippen LogP contribution >= 0.6 is 11.8 Å². The van der Waals surface area contributed by atoms with Gasteiger partial charge in [0, 0.05) is 0 Å². The number of aromatic nitrogens is 1. The van der Waals surface area contributed by atoms with Gasteiger partial charge in [0.1, 0.15) is 0 Å². The van der Waals surface area contributed by atoms with E-state index in [4.69, 9.17) is 5.11 Å². The van der Waals surface area contributed by atoms with E-state index in [1.54, 1.807) is 6.26 Å². The summed E-state index contributed by atoms with van der Waals surface area (Å²) in [6.45, 7) is 0. The van der Waals surface area contributed by atoms with E-state index in [-0.39, 0.29) is 11.1 Å². The van der Waals surface area contributed by atoms with Crippen molar-refractivity contribution in [2.45, 2.75) is 5.22 Å². The van der Waals surface area contributed by atoms with E-state index < -0.39 is 5.63 Å². The van der Waals surface area contributed by atoms with Gasteiger partial charge in [-0.3, -0.25) is 0 Å². The highest BCUT2D eigenvalue weighted by Gasteiger charge is 1.98. The molecule has 0 spiro atoms. The van der Waals surface area contributed by atoms with E-state index in [1.807, 2.05) is 0 Å². The van der Waals surface area contributed by atoms with Crippen molar-refractivity contribution in [3.05, 3.63) is 16.5 Å². The highest BCUT2D eigenvalue weighted by molar-refractivity contribution is 7.98. The summed E-state index contributed by atoms with van der Waals surface area (Å²) in [5, 5.41) is 8.91. The van der Waals surface area contributed by atoms with Crippen molar-refractivity contribution >= 4 is 11.8 Å². The molecule has 0 amide bonds. The minimum absolute atomic E-state index is 0.171. The van der Waals surface area contributed by atoms with Crippen LogP contribution in [0, 0.1) is 0 Å². The summed E-state index contributed by atoms with van der Waals surface area (Å²) >= 11 is 1.16. The second-order valence-corrected chi connectivity index (χ2v) is 2.26. The van der Waals surface area contributed by atoms with Crippen LogP contribution in [0.3, 0.4) is 0 Å². The maximum absolute atomic E-state index is 10.5. The van der Waals surface area contributed by atoms with Crippen molar-refractivity contribution < 1.29 is 9.52 Å². The van der Waals surface area contributed by atoms with Crippen LogP contribution < -0.4 is 5.63 Å². The fourth-order valence-electron chi connectivity index (χ4n) is 0.457. The molecule has 1 rings (SSSR count). The molecule has 1 N–H and O–H groups in total. The van der Waals surface area contributed by atoms with Gasteiger partial charge in [-0.05, 0) is 6.26 Å². The predicted molar refractivity (Wildman–Crippen MR) is 36.2 cm³/mol. The number of rotatable bonds is 1. The van der Waals surface area contributed by atoms with Crippen molar-refractivity contribution in [3.63, 3.8) is 0 Å². The van der Waals surface area contributed by atoms with Gasteiger partial charge in [0.05, 0.1) is 6.07 Å². The van der Waals surface area contributed by atoms with Crippen LogP contribution in [0.5, 0.6) is 5.88 Å². The molecule has 0 saturated carbocycles. The topological polar surface area (TPSA) is 63.3 Å². The van der Waals surface area contributed by atoms with Crippen LogP contribution in [0.1, 0.15) is 0 Å². The first kappa shape index (κ1) is 7.14. The van der Waals surface area contributed by atoms with E-state index >= 15 is 0 Å². The van der Waals surface area contributed by atoms with Crippen LogP contribution in [-0.4, -0.2) is 16.3 Å². The van der Waals surface area contributed by atoms with Gasteiger partial charge in [0.25, 0.3) is 5.22 Å². The molecule has 0 atom stereocenters. The number of hydrogen-bond donors (Lipinski definition) is 1. The quantitative estimate of drug-likeness (QED) is 0.603. The Morgan fingerprint density at radius 3 is 3.00 bits per heavy atom. The lowest BCUT2D eigenvalue weighted by atomic mass is 10.7. The first-order valence-electron chi connectivity index (χ1n) is 2.47. The maximum atomic E-state index is 10.5. The Balaban J connectivity index is 3.19. The summed E-state index contributed by atoms with van der Waals surface area (Å²) in [7, 11) is 0. The normalized spacial score (nSPS) is 9.70. The molecule has 0 aliphatic carbocycles. The van der Waals surface area contributed by atoms with E-state index in [9.17, 15) is 4.79 Å². The van der Waals surface area contributed by atoms with Gasteiger partial charge in [0.2, 0.25) is 5.88 Å². The van der Waals surface area contributed by atoms with Gasteiger partial charge in [-0.1, -0.05) is 11.8 Å². The smallest absolute Gasteiger partial charge is 0.343 e. The first-order valence-corrected chi connectivity index (χ1v) is 3.70. The summed E-state index contributed by atoms with van der Waals surface area (Å²) in [6, 6.07) is 0.916. The third-order valence-electron chi connectivity index (χ3n) is 0.815. The Morgan fingerprint density at radius 2 is 2.50 bits per heavy atom. The standard InChI is InChI=1S/C5H5NO3S/c1-10-5-6-3(7)2-4(8)9-5/h2,7H,1H3. The molecule has 54 valence electrons. The Hall–Kier alpha value is -0.970. The average molecular weight is 159 g/mol. The Bertz CT molecular complexity index is 282. The molecule has 0 aliphatic heterocycles. The highest BCUT2D eigenvalue weighted by atomic mass is 32.2. The molecule has 4 nitrogen and oxygen atoms in total. The molecule has 0 fully saturated rings. The van der Waals surface area contributed by atoms with E-state index in [1.165, 1.54) is 0 Å². The lowest BCUT2D eigenvalue weighted by Crippen LogP contribution is -1.97. The van der Waals surface area contributed by atoms with Crippen LogP contribution in [0.15, 0.2) is 20.5 Å². The van der Waals surface area contributed by atoms with Gasteiger partial charge in [0.15, 0.2) is 0 Å². The molecule has 1 heterocycles. The van der Waals surface area contributed by atoms with Crippen molar-refractivity contribution in [1.29, 1.82) is 0 Å². The molecule has 0 bridgehead atoms. The van der Waals surface area contributed by atoms with Crippen LogP contribution in [-0.2, 0) is 0 Å². The average Bonchev–Trinajstić information content (AvgIpc) is 1.85. The Labute approximate surface area is 60.9 Å². The fourth-order valence-corrected chi connectivity index (χ4v) is 0.807. The predicted octanol–water partition coefficient (Wildman–Crippen LogP) is 0.462. The molecule has 1 aromatic rings. The monoisotopic (exact) mass is 159 g/mol. The molecule has 0 aromatic carbocycles. The van der Waals surface area contributed by atoms with Crippen molar-refractivity contribution in [3.8, 4) is 5.88 Å². The lowest BCUT2D eigenvalue weighted by Gasteiger charge is -1.91. The van der Waals surface area contributed by atoms with E-state index in [2.05, 4.69) is 9.40 Å². The van der Waals surface area contributed by atoms with Crippen molar-refractivity contribution in [2.75, 3.05) is 6.26 Å². The van der Waals surface area contributed by atoms with Gasteiger partial charge >= 0.3 is 5.63 Å². The SMILES string of the molecule is CSc1nc(O)cc(=O)o1. The summed E-state index contributed by atoms with van der Waals surface area (Å²) in [4.78, 5) is 14.0. The summed E-state index contributed by atoms with van der Waals surface area (Å²) < 4.78 is 4.54. The highest BCUT2D eigenvalue weighted by Crippen LogP contribution is 2.10. The van der Waals surface area contributed by atoms with Crippen molar-refractivity contribution in [1.82, 2.24) is 4.98 Å². The zero-order valence-electron chi connectivity index (χ0n) is 5.20. The summed E-state index contributed by atoms with van der Waals surface area (Å²) in [5.41, 5.74) is -0.586. The van der Waals surface area contributed by atoms with E-state index in [0.29, 0.717) is 0 Å². The molecule has 0 saturated heterocycles. The van der Waals surface area contributed by atoms with Gasteiger partial charge in [-0.15, -0.1) is 0 Å². The zero-order chi connectivity index (χ0) is 7.56. The van der Waals surface area contributed by atoms with Gasteiger partial charge in [-0.2, -0.15) is 4.98 Å². The Morgan fingerprint density at radius 1 is 1.80 bits per heavy atom. The van der Waals surface area contributed by atoms with Crippen molar-refractivity contribution in [2.24, 2.45) is 0 Å². The molecule has 0 radical (unpaired) electrons. The lowest BCUT2D eigenvalue weighted by molar-refractivity contribution is 0.353. The first-order chi connectivity index (χ1) is 4.72. The molecule has 5 heteroatoms. The summed E-state index contributed by atoms with van der Waals surface area (Å²) in [6.07, 6.45) is 1.70. The molecule has 0 unspecified atom stereocenters. The number of aromatic hydroxyl groups is 1. The van der Waals surface area contributed by atoms with Gasteiger partial charge in [-0.25, -0.2) is 4.79 Å². The van der Waals surface area contributed by atoms with Crippen LogP contribution in [0.2, 0.25) is 0 Å². The third kappa shape index (κ3) is 1.51. The molecular formula is C5H5NO3S. The summed E-state index contributed by atoms with van der Waals surface area (Å²) in [5.74, 6) is -0.305. The second kappa shape index (κ2) is 2.74. The van der Waals surface area contributed by atoms with Crippen LogP contribution in [0.25, 0.3) is 0 Å². The maximum Gasteiger partial charge on any atom is 0.343 e. The zero-order valence-corrected chi connectivity index (χ0v) is 6.01. The molecular weight excluding hydrogens is 154 g/mol. The largest absolute Gasteiger partial charge is 0.493 e. The minimum atomic E-state index is -0.586. The minimum Gasteiger partial charge on any atom is -0.493 e. The van der Waals surface area contributed by atoms with Gasteiger partial charge < -0.3 is 9.52 Å². The number of hydrogen-bond acceptors (Lipinski definition) is 5.